The number of hydrogen-bond acceptors (Lipinski definition) is 6. The Hall–Kier alpha value is -2.76. The van der Waals surface area contributed by atoms with Crippen LogP contribution in [0.15, 0.2) is 42.5 Å². The number of anilines is 1. The smallest absolute Gasteiger partial charge is 0.272 e. The molecule has 29 heavy (non-hydrogen) atoms. The molecule has 0 bridgehead atoms. The lowest BCUT2D eigenvalue weighted by molar-refractivity contribution is 0.0819. The van der Waals surface area contributed by atoms with Crippen molar-refractivity contribution in [2.45, 2.75) is 13.0 Å². The fraction of sp³-hybridized carbons (Fsp3) is 0.333. The van der Waals surface area contributed by atoms with E-state index >= 15 is 0 Å². The molecule has 2 aromatic carbocycles. The Balaban J connectivity index is 1.41. The molecule has 0 atom stereocenters. The van der Waals surface area contributed by atoms with E-state index in [1.807, 2.05) is 18.2 Å². The van der Waals surface area contributed by atoms with Gasteiger partial charge in [-0.25, -0.2) is 13.8 Å². The third-order valence-corrected chi connectivity index (χ3v) is 5.90. The highest BCUT2D eigenvalue weighted by Gasteiger charge is 2.21. The molecule has 0 spiro atoms. The summed E-state index contributed by atoms with van der Waals surface area (Å²) in [5.41, 5.74) is 2.29. The maximum Gasteiger partial charge on any atom is 0.272 e. The van der Waals surface area contributed by atoms with E-state index in [2.05, 4.69) is 21.9 Å². The van der Waals surface area contributed by atoms with Gasteiger partial charge in [-0.05, 0) is 24.3 Å². The molecule has 8 heteroatoms. The molecule has 1 saturated heterocycles. The van der Waals surface area contributed by atoms with E-state index in [1.54, 1.807) is 29.5 Å². The maximum absolute atomic E-state index is 12.4. The third-order valence-electron chi connectivity index (χ3n) is 4.88. The topological polar surface area (TPSA) is 52.4 Å². The molecular weight excluding hydrogens is 394 g/mol. The first kappa shape index (κ1) is 19.6. The van der Waals surface area contributed by atoms with Crippen molar-refractivity contribution in [2.75, 3.05) is 37.7 Å². The molecule has 1 aromatic heterocycles. The minimum atomic E-state index is -2.53. The van der Waals surface area contributed by atoms with Gasteiger partial charge < -0.3 is 9.64 Å². The van der Waals surface area contributed by atoms with Crippen LogP contribution in [-0.2, 0) is 6.54 Å². The number of alkyl halides is 2. The first-order chi connectivity index (χ1) is 14.1. The predicted octanol–water partition coefficient (Wildman–Crippen LogP) is 4.13. The van der Waals surface area contributed by atoms with Gasteiger partial charge >= 0.3 is 0 Å². The van der Waals surface area contributed by atoms with Crippen LogP contribution < -0.4 is 9.64 Å². The monoisotopic (exact) mass is 414 g/mol. The predicted molar refractivity (Wildman–Crippen MR) is 110 cm³/mol. The van der Waals surface area contributed by atoms with E-state index in [0.717, 1.165) is 48.9 Å². The van der Waals surface area contributed by atoms with Crippen LogP contribution in [0.25, 0.3) is 10.2 Å². The van der Waals surface area contributed by atoms with Gasteiger partial charge in [-0.1, -0.05) is 12.1 Å². The fourth-order valence-electron chi connectivity index (χ4n) is 3.44. The number of benzene rings is 2. The van der Waals surface area contributed by atoms with E-state index in [-0.39, 0.29) is 0 Å². The molecule has 0 amide bonds. The second-order valence-corrected chi connectivity index (χ2v) is 7.95. The number of piperazine rings is 1. The summed E-state index contributed by atoms with van der Waals surface area (Å²) in [5, 5.41) is 10.5. The zero-order valence-corrected chi connectivity index (χ0v) is 16.5. The Morgan fingerprint density at radius 2 is 1.93 bits per heavy atom. The number of fused-ring (bicyclic) bond motifs is 1. The number of thiazole rings is 1. The molecule has 150 valence electrons. The van der Waals surface area contributed by atoms with Crippen LogP contribution in [0, 0.1) is 11.3 Å². The molecule has 0 unspecified atom stereocenters. The Morgan fingerprint density at radius 1 is 1.14 bits per heavy atom. The van der Waals surface area contributed by atoms with Crippen molar-refractivity contribution < 1.29 is 13.5 Å². The zero-order chi connectivity index (χ0) is 20.2. The molecule has 0 N–H and O–H groups in total. The summed E-state index contributed by atoms with van der Waals surface area (Å²) in [6, 6.07) is 15.2. The summed E-state index contributed by atoms with van der Waals surface area (Å²) >= 11 is 1.72. The Labute approximate surface area is 171 Å². The molecule has 0 aliphatic carbocycles. The summed E-state index contributed by atoms with van der Waals surface area (Å²) in [5.74, 6) is 0.358. The lowest BCUT2D eigenvalue weighted by atomic mass is 10.1. The standard InChI is InChI=1S/C21H20F2N4OS/c22-20(23)14-28-16-6-5-15(12-24)18(11-16)27-9-7-26(8-10-27)13-21-25-17-3-1-2-4-19(17)29-21/h1-6,11,20H,7-10,13-14H2. The number of rotatable bonds is 6. The van der Waals surface area contributed by atoms with Gasteiger partial charge in [-0.2, -0.15) is 5.26 Å². The van der Waals surface area contributed by atoms with Crippen molar-refractivity contribution >= 4 is 27.2 Å². The summed E-state index contributed by atoms with van der Waals surface area (Å²) in [4.78, 5) is 9.16. The Bertz CT molecular complexity index is 992. The summed E-state index contributed by atoms with van der Waals surface area (Å²) in [7, 11) is 0. The van der Waals surface area contributed by atoms with Crippen LogP contribution in [0.1, 0.15) is 10.6 Å². The maximum atomic E-state index is 12.4. The highest BCUT2D eigenvalue weighted by Crippen LogP contribution is 2.28. The van der Waals surface area contributed by atoms with Crippen LogP contribution in [0.5, 0.6) is 5.75 Å². The van der Waals surface area contributed by atoms with Gasteiger partial charge in [-0.3, -0.25) is 4.90 Å². The van der Waals surface area contributed by atoms with Gasteiger partial charge in [0.1, 0.15) is 23.4 Å². The Morgan fingerprint density at radius 3 is 2.66 bits per heavy atom. The second-order valence-electron chi connectivity index (χ2n) is 6.83. The lowest BCUT2D eigenvalue weighted by Gasteiger charge is -2.36. The first-order valence-electron chi connectivity index (χ1n) is 9.39. The van der Waals surface area contributed by atoms with E-state index in [4.69, 9.17) is 9.72 Å². The van der Waals surface area contributed by atoms with Crippen molar-refractivity contribution in [2.24, 2.45) is 0 Å². The first-order valence-corrected chi connectivity index (χ1v) is 10.2. The lowest BCUT2D eigenvalue weighted by Crippen LogP contribution is -2.46. The summed E-state index contributed by atoms with van der Waals surface area (Å²) in [6.45, 7) is 3.32. The molecule has 1 aliphatic rings. The second kappa shape index (κ2) is 8.72. The van der Waals surface area contributed by atoms with Crippen molar-refractivity contribution in [1.82, 2.24) is 9.88 Å². The number of halogens is 2. The van der Waals surface area contributed by atoms with E-state index < -0.39 is 13.0 Å². The molecule has 2 heterocycles. The quantitative estimate of drug-likeness (QED) is 0.607. The molecule has 1 aliphatic heterocycles. The highest BCUT2D eigenvalue weighted by molar-refractivity contribution is 7.18. The summed E-state index contributed by atoms with van der Waals surface area (Å²) in [6.07, 6.45) is -2.53. The highest BCUT2D eigenvalue weighted by atomic mass is 32.1. The van der Waals surface area contributed by atoms with Crippen molar-refractivity contribution in [3.8, 4) is 11.8 Å². The average molecular weight is 414 g/mol. The molecule has 4 rings (SSSR count). The molecule has 1 fully saturated rings. The SMILES string of the molecule is N#Cc1ccc(OCC(F)F)cc1N1CCN(Cc2nc3ccccc3s2)CC1. The van der Waals surface area contributed by atoms with Crippen LogP contribution in [0.4, 0.5) is 14.5 Å². The Kier molecular flexibility index (Phi) is 5.88. The van der Waals surface area contributed by atoms with Crippen LogP contribution in [0.2, 0.25) is 0 Å². The van der Waals surface area contributed by atoms with Crippen LogP contribution in [-0.4, -0.2) is 49.1 Å². The molecule has 0 radical (unpaired) electrons. The van der Waals surface area contributed by atoms with Crippen LogP contribution in [0.3, 0.4) is 0 Å². The molecule has 5 nitrogen and oxygen atoms in total. The molecular formula is C21H20F2N4OS. The minimum Gasteiger partial charge on any atom is -0.488 e. The number of nitrogens with zero attached hydrogens (tertiary/aromatic N) is 4. The number of nitriles is 1. The molecule has 0 saturated carbocycles. The number of hydrogen-bond donors (Lipinski definition) is 0. The van der Waals surface area contributed by atoms with Gasteiger partial charge in [0.15, 0.2) is 0 Å². The summed E-state index contributed by atoms with van der Waals surface area (Å²) < 4.78 is 31.1. The van der Waals surface area contributed by atoms with Gasteiger partial charge in [0.25, 0.3) is 6.43 Å². The fourth-order valence-corrected chi connectivity index (χ4v) is 4.45. The average Bonchev–Trinajstić information content (AvgIpc) is 3.15. The van der Waals surface area contributed by atoms with Gasteiger partial charge in [0.2, 0.25) is 0 Å². The number of aromatic nitrogens is 1. The normalized spacial score (nSPS) is 15.0. The minimum absolute atomic E-state index is 0.358. The zero-order valence-electron chi connectivity index (χ0n) is 15.7. The molecule has 3 aromatic rings. The number of ether oxygens (including phenoxy) is 1. The number of para-hydroxylation sites is 1. The van der Waals surface area contributed by atoms with Crippen LogP contribution >= 0.6 is 11.3 Å². The third kappa shape index (κ3) is 4.63. The van der Waals surface area contributed by atoms with Crippen molar-refractivity contribution in [3.63, 3.8) is 0 Å². The largest absolute Gasteiger partial charge is 0.488 e. The van der Waals surface area contributed by atoms with Crippen molar-refractivity contribution in [3.05, 3.63) is 53.0 Å². The van der Waals surface area contributed by atoms with Gasteiger partial charge in [0, 0.05) is 32.2 Å². The van der Waals surface area contributed by atoms with E-state index in [9.17, 15) is 14.0 Å². The van der Waals surface area contributed by atoms with Gasteiger partial charge in [0.05, 0.1) is 28.0 Å². The van der Waals surface area contributed by atoms with Crippen molar-refractivity contribution in [1.29, 1.82) is 5.26 Å². The van der Waals surface area contributed by atoms with E-state index in [1.165, 1.54) is 4.70 Å². The van der Waals surface area contributed by atoms with Gasteiger partial charge in [-0.15, -0.1) is 11.3 Å². The van der Waals surface area contributed by atoms with E-state index in [0.29, 0.717) is 11.3 Å².